The van der Waals surface area contributed by atoms with Crippen LogP contribution in [0.3, 0.4) is 0 Å². The molecule has 112 valence electrons. The Morgan fingerprint density at radius 3 is 2.29 bits per heavy atom. The highest BCUT2D eigenvalue weighted by molar-refractivity contribution is 5.80. The molecule has 1 heterocycles. The molecule has 1 aromatic rings. The monoisotopic (exact) mass is 288 g/mol. The normalized spacial score (nSPS) is 14.0. The van der Waals surface area contributed by atoms with Gasteiger partial charge in [-0.1, -0.05) is 30.3 Å². The van der Waals surface area contributed by atoms with E-state index in [2.05, 4.69) is 18.7 Å². The highest BCUT2D eigenvalue weighted by atomic mass is 16.4. The zero-order chi connectivity index (χ0) is 15.2. The summed E-state index contributed by atoms with van der Waals surface area (Å²) < 4.78 is 0. The molecule has 0 aliphatic carbocycles. The van der Waals surface area contributed by atoms with Gasteiger partial charge >= 0.3 is 12.0 Å². The molecule has 1 N–H and O–H groups in total. The number of nitrogens with zero attached hydrogens (tertiary/aromatic N) is 2. The van der Waals surface area contributed by atoms with Crippen molar-refractivity contribution in [3.8, 4) is 0 Å². The third-order valence-electron chi connectivity index (χ3n) is 3.64. The van der Waals surface area contributed by atoms with Gasteiger partial charge in [0.15, 0.2) is 0 Å². The third-order valence-corrected chi connectivity index (χ3v) is 3.64. The van der Waals surface area contributed by atoms with Crippen molar-refractivity contribution in [3.63, 3.8) is 0 Å². The summed E-state index contributed by atoms with van der Waals surface area (Å²) in [6, 6.07) is 7.95. The zero-order valence-electron chi connectivity index (χ0n) is 12.0. The van der Waals surface area contributed by atoms with Crippen LogP contribution in [0.25, 0.3) is 0 Å². The van der Waals surface area contributed by atoms with Crippen molar-refractivity contribution < 1.29 is 14.7 Å². The Morgan fingerprint density at radius 1 is 1.24 bits per heavy atom. The molecule has 0 unspecified atom stereocenters. The second-order valence-electron chi connectivity index (χ2n) is 5.10. The largest absolute Gasteiger partial charge is 0.480 e. The maximum absolute atomic E-state index is 12.5. The van der Waals surface area contributed by atoms with Crippen LogP contribution in [0.4, 0.5) is 4.79 Å². The van der Waals surface area contributed by atoms with E-state index in [9.17, 15) is 9.59 Å². The number of fused-ring (bicyclic) bond motifs is 1. The van der Waals surface area contributed by atoms with Gasteiger partial charge in [-0.25, -0.2) is 4.79 Å². The number of rotatable bonds is 4. The number of hydrogen-bond donors (Lipinski definition) is 1. The minimum atomic E-state index is -1.01. The number of amides is 2. The van der Waals surface area contributed by atoms with Crippen molar-refractivity contribution in [2.75, 3.05) is 26.2 Å². The van der Waals surface area contributed by atoms with Crippen LogP contribution in [-0.2, 0) is 17.6 Å². The zero-order valence-corrected chi connectivity index (χ0v) is 12.0. The first-order valence-corrected chi connectivity index (χ1v) is 7.05. The molecule has 5 nitrogen and oxygen atoms in total. The molecule has 0 fully saturated rings. The topological polar surface area (TPSA) is 60.9 Å². The molecule has 0 bridgehead atoms. The van der Waals surface area contributed by atoms with Gasteiger partial charge in [-0.05, 0) is 24.0 Å². The summed E-state index contributed by atoms with van der Waals surface area (Å²) in [5, 5.41) is 8.91. The summed E-state index contributed by atoms with van der Waals surface area (Å²) in [6.07, 6.45) is 3.15. The standard InChI is InChI=1S/C16H20N2O3/c1-2-9-18(12-15(19)20)16(21)17-10-7-13-5-3-4-6-14(13)8-11-17/h2-6H,1,7-12H2,(H,19,20). The third kappa shape index (κ3) is 3.84. The maximum Gasteiger partial charge on any atom is 0.323 e. The Labute approximate surface area is 124 Å². The molecule has 0 saturated heterocycles. The van der Waals surface area contributed by atoms with Gasteiger partial charge in [0, 0.05) is 19.6 Å². The summed E-state index contributed by atoms with van der Waals surface area (Å²) in [5.41, 5.74) is 2.53. The van der Waals surface area contributed by atoms with E-state index >= 15 is 0 Å². The van der Waals surface area contributed by atoms with Crippen molar-refractivity contribution in [3.05, 3.63) is 48.0 Å². The molecule has 1 aliphatic heterocycles. The van der Waals surface area contributed by atoms with Gasteiger partial charge in [0.1, 0.15) is 6.54 Å². The number of hydrogen-bond acceptors (Lipinski definition) is 2. The number of aliphatic carboxylic acids is 1. The minimum absolute atomic E-state index is 0.231. The van der Waals surface area contributed by atoms with E-state index in [1.807, 2.05) is 12.1 Å². The summed E-state index contributed by atoms with van der Waals surface area (Å²) in [4.78, 5) is 26.4. The van der Waals surface area contributed by atoms with Crippen LogP contribution in [0.1, 0.15) is 11.1 Å². The van der Waals surface area contributed by atoms with E-state index in [1.54, 1.807) is 11.0 Å². The summed E-state index contributed by atoms with van der Waals surface area (Å²) in [5.74, 6) is -1.01. The Balaban J connectivity index is 2.06. The molecule has 2 rings (SSSR count). The van der Waals surface area contributed by atoms with Gasteiger partial charge in [0.25, 0.3) is 0 Å². The highest BCUT2D eigenvalue weighted by Gasteiger charge is 2.23. The Hall–Kier alpha value is -2.30. The van der Waals surface area contributed by atoms with Gasteiger partial charge in [-0.15, -0.1) is 6.58 Å². The Bertz CT molecular complexity index is 515. The molecule has 0 aromatic heterocycles. The molecule has 1 aromatic carbocycles. The smallest absolute Gasteiger partial charge is 0.323 e. The van der Waals surface area contributed by atoms with Crippen LogP contribution in [-0.4, -0.2) is 53.1 Å². The second kappa shape index (κ2) is 6.92. The first kappa shape index (κ1) is 15.1. The molecular weight excluding hydrogens is 268 g/mol. The van der Waals surface area contributed by atoms with E-state index in [4.69, 9.17) is 5.11 Å². The van der Waals surface area contributed by atoms with Crippen molar-refractivity contribution in [2.45, 2.75) is 12.8 Å². The lowest BCUT2D eigenvalue weighted by Crippen LogP contribution is -2.46. The molecule has 1 aliphatic rings. The predicted octanol–water partition coefficient (Wildman–Crippen LogP) is 1.78. The van der Waals surface area contributed by atoms with Gasteiger partial charge in [0.2, 0.25) is 0 Å². The number of benzene rings is 1. The van der Waals surface area contributed by atoms with Crippen molar-refractivity contribution in [1.29, 1.82) is 0 Å². The predicted molar refractivity (Wildman–Crippen MR) is 80.2 cm³/mol. The van der Waals surface area contributed by atoms with Crippen LogP contribution in [0, 0.1) is 0 Å². The number of carbonyl (C=O) groups excluding carboxylic acids is 1. The van der Waals surface area contributed by atoms with Crippen molar-refractivity contribution in [1.82, 2.24) is 9.80 Å². The molecule has 0 saturated carbocycles. The van der Waals surface area contributed by atoms with Gasteiger partial charge in [-0.3, -0.25) is 4.79 Å². The Kier molecular flexibility index (Phi) is 4.98. The Morgan fingerprint density at radius 2 is 1.81 bits per heavy atom. The van der Waals surface area contributed by atoms with Crippen LogP contribution < -0.4 is 0 Å². The van der Waals surface area contributed by atoms with E-state index in [1.165, 1.54) is 16.0 Å². The first-order valence-electron chi connectivity index (χ1n) is 7.05. The first-order chi connectivity index (χ1) is 10.1. The fourth-order valence-electron chi connectivity index (χ4n) is 2.59. The van der Waals surface area contributed by atoms with E-state index < -0.39 is 5.97 Å². The number of urea groups is 1. The lowest BCUT2D eigenvalue weighted by atomic mass is 10.0. The van der Waals surface area contributed by atoms with E-state index in [0.29, 0.717) is 13.1 Å². The SMILES string of the molecule is C=CCN(CC(=O)O)C(=O)N1CCc2ccccc2CC1. The molecule has 0 radical (unpaired) electrons. The average Bonchev–Trinajstić information content (AvgIpc) is 2.68. The lowest BCUT2D eigenvalue weighted by Gasteiger charge is -2.28. The van der Waals surface area contributed by atoms with Crippen LogP contribution >= 0.6 is 0 Å². The summed E-state index contributed by atoms with van der Waals surface area (Å²) >= 11 is 0. The molecule has 21 heavy (non-hydrogen) atoms. The number of carboxylic acids is 1. The molecule has 0 spiro atoms. The van der Waals surface area contributed by atoms with E-state index in [0.717, 1.165) is 12.8 Å². The fraction of sp³-hybridized carbons (Fsp3) is 0.375. The summed E-state index contributed by atoms with van der Waals surface area (Å²) in [7, 11) is 0. The lowest BCUT2D eigenvalue weighted by molar-refractivity contribution is -0.137. The second-order valence-corrected chi connectivity index (χ2v) is 5.10. The van der Waals surface area contributed by atoms with Crippen molar-refractivity contribution >= 4 is 12.0 Å². The number of carbonyl (C=O) groups is 2. The molecule has 5 heteroatoms. The average molecular weight is 288 g/mol. The minimum Gasteiger partial charge on any atom is -0.480 e. The van der Waals surface area contributed by atoms with Crippen LogP contribution in [0.2, 0.25) is 0 Å². The molecule has 0 atom stereocenters. The van der Waals surface area contributed by atoms with Crippen molar-refractivity contribution in [2.24, 2.45) is 0 Å². The maximum atomic E-state index is 12.5. The molecule has 2 amide bonds. The van der Waals surface area contributed by atoms with Gasteiger partial charge in [-0.2, -0.15) is 0 Å². The van der Waals surface area contributed by atoms with Gasteiger partial charge in [0.05, 0.1) is 0 Å². The van der Waals surface area contributed by atoms with E-state index in [-0.39, 0.29) is 19.1 Å². The number of carboxylic acid groups (broad SMARTS) is 1. The highest BCUT2D eigenvalue weighted by Crippen LogP contribution is 2.16. The van der Waals surface area contributed by atoms with Gasteiger partial charge < -0.3 is 14.9 Å². The van der Waals surface area contributed by atoms with Crippen LogP contribution in [0.15, 0.2) is 36.9 Å². The summed E-state index contributed by atoms with van der Waals surface area (Å²) in [6.45, 7) is 4.76. The quantitative estimate of drug-likeness (QED) is 0.859. The fourth-order valence-corrected chi connectivity index (χ4v) is 2.59. The van der Waals surface area contributed by atoms with Crippen LogP contribution in [0.5, 0.6) is 0 Å². The molecular formula is C16H20N2O3.